The molecule has 0 saturated heterocycles. The van der Waals surface area contributed by atoms with Crippen LogP contribution in [0.1, 0.15) is 12.5 Å². The molecule has 0 aliphatic heterocycles. The van der Waals surface area contributed by atoms with Gasteiger partial charge in [-0.05, 0) is 59.3 Å². The van der Waals surface area contributed by atoms with E-state index >= 15 is 0 Å². The Morgan fingerprint density at radius 3 is 2.76 bits per heavy atom. The van der Waals surface area contributed by atoms with Crippen LogP contribution in [0.25, 0.3) is 11.0 Å². The first-order chi connectivity index (χ1) is 12.2. The maximum Gasteiger partial charge on any atom is 0.224 e. The van der Waals surface area contributed by atoms with Gasteiger partial charge in [-0.3, -0.25) is 0 Å². The molecule has 0 bridgehead atoms. The summed E-state index contributed by atoms with van der Waals surface area (Å²) in [7, 11) is 3.25. The molecule has 0 fully saturated rings. The number of imidazole rings is 1. The zero-order valence-corrected chi connectivity index (χ0v) is 16.4. The Kier molecular flexibility index (Phi) is 5.42. The predicted molar refractivity (Wildman–Crippen MR) is 109 cm³/mol. The largest absolute Gasteiger partial charge is 0.493 e. The standard InChI is InChI=1S/C18H19IN4O2/c1-4-23-15-8-6-5-7-14(15)21-18(23)22-20-11-12-9-13(19)17(25-3)16(10-12)24-2/h5-11H,4H2,1-3H3,(H,21,22)/b20-11-. The van der Waals surface area contributed by atoms with Crippen molar-refractivity contribution in [1.29, 1.82) is 0 Å². The third-order valence-corrected chi connectivity index (χ3v) is 4.61. The molecule has 3 rings (SSSR count). The number of aryl methyl sites for hydroxylation is 1. The van der Waals surface area contributed by atoms with Crippen molar-refractivity contribution in [1.82, 2.24) is 9.55 Å². The highest BCUT2D eigenvalue weighted by atomic mass is 127. The topological polar surface area (TPSA) is 60.7 Å². The molecule has 0 radical (unpaired) electrons. The van der Waals surface area contributed by atoms with Crippen molar-refractivity contribution >= 4 is 45.8 Å². The molecule has 0 amide bonds. The van der Waals surface area contributed by atoms with Gasteiger partial charge in [0.05, 0.1) is 35.0 Å². The average Bonchev–Trinajstić information content (AvgIpc) is 2.98. The lowest BCUT2D eigenvalue weighted by atomic mass is 10.2. The maximum atomic E-state index is 5.37. The van der Waals surface area contributed by atoms with Crippen molar-refractivity contribution in [2.24, 2.45) is 5.10 Å². The number of nitrogens with zero attached hydrogens (tertiary/aromatic N) is 3. The van der Waals surface area contributed by atoms with E-state index in [1.54, 1.807) is 20.4 Å². The predicted octanol–water partition coefficient (Wildman–Crippen LogP) is 4.12. The Hall–Kier alpha value is -2.29. The van der Waals surface area contributed by atoms with Gasteiger partial charge < -0.3 is 14.0 Å². The fourth-order valence-corrected chi connectivity index (χ4v) is 3.50. The molecule has 0 atom stereocenters. The van der Waals surface area contributed by atoms with Crippen molar-refractivity contribution in [2.75, 3.05) is 19.6 Å². The van der Waals surface area contributed by atoms with E-state index in [2.05, 4.69) is 55.7 Å². The van der Waals surface area contributed by atoms with Crippen molar-refractivity contribution in [3.05, 3.63) is 45.5 Å². The summed E-state index contributed by atoms with van der Waals surface area (Å²) in [6, 6.07) is 11.9. The highest BCUT2D eigenvalue weighted by molar-refractivity contribution is 14.1. The van der Waals surface area contributed by atoms with Gasteiger partial charge in [0.2, 0.25) is 5.95 Å². The van der Waals surface area contributed by atoms with Crippen LogP contribution in [0, 0.1) is 3.57 Å². The number of hydrogen-bond acceptors (Lipinski definition) is 5. The lowest BCUT2D eigenvalue weighted by molar-refractivity contribution is 0.353. The van der Waals surface area contributed by atoms with Crippen molar-refractivity contribution in [3.63, 3.8) is 0 Å². The Morgan fingerprint density at radius 1 is 1.24 bits per heavy atom. The van der Waals surface area contributed by atoms with E-state index in [9.17, 15) is 0 Å². The quantitative estimate of drug-likeness (QED) is 0.349. The molecular formula is C18H19IN4O2. The van der Waals surface area contributed by atoms with E-state index in [0.29, 0.717) is 5.75 Å². The molecule has 3 aromatic rings. The van der Waals surface area contributed by atoms with Gasteiger partial charge in [-0.1, -0.05) is 12.1 Å². The number of methoxy groups -OCH3 is 2. The van der Waals surface area contributed by atoms with Gasteiger partial charge in [0.25, 0.3) is 0 Å². The molecule has 2 aromatic carbocycles. The SMILES string of the molecule is CCn1c(N/N=C\c2cc(I)c(OC)c(OC)c2)nc2ccccc21. The molecule has 1 N–H and O–H groups in total. The number of para-hydroxylation sites is 2. The van der Waals surface area contributed by atoms with Gasteiger partial charge in [-0.2, -0.15) is 5.10 Å². The third-order valence-electron chi connectivity index (χ3n) is 3.80. The van der Waals surface area contributed by atoms with Gasteiger partial charge in [0.15, 0.2) is 11.5 Å². The Labute approximate surface area is 160 Å². The maximum absolute atomic E-state index is 5.37. The summed E-state index contributed by atoms with van der Waals surface area (Å²) < 4.78 is 13.8. The number of rotatable bonds is 6. The molecule has 130 valence electrons. The van der Waals surface area contributed by atoms with E-state index in [1.807, 2.05) is 30.3 Å². The summed E-state index contributed by atoms with van der Waals surface area (Å²) in [5.41, 5.74) is 5.98. The lowest BCUT2D eigenvalue weighted by Gasteiger charge is -2.10. The number of hydrogen-bond donors (Lipinski definition) is 1. The van der Waals surface area contributed by atoms with Gasteiger partial charge in [-0.15, -0.1) is 0 Å². The van der Waals surface area contributed by atoms with Gasteiger partial charge in [-0.25, -0.2) is 10.4 Å². The molecular weight excluding hydrogens is 431 g/mol. The highest BCUT2D eigenvalue weighted by Gasteiger charge is 2.10. The Bertz CT molecular complexity index is 921. The van der Waals surface area contributed by atoms with Crippen LogP contribution < -0.4 is 14.9 Å². The van der Waals surface area contributed by atoms with Crippen molar-refractivity contribution in [2.45, 2.75) is 13.5 Å². The van der Waals surface area contributed by atoms with Crippen molar-refractivity contribution < 1.29 is 9.47 Å². The monoisotopic (exact) mass is 450 g/mol. The minimum atomic E-state index is 0.677. The molecule has 0 unspecified atom stereocenters. The van der Waals surface area contributed by atoms with Crippen LogP contribution in [0.3, 0.4) is 0 Å². The number of aromatic nitrogens is 2. The number of ether oxygens (including phenoxy) is 2. The Balaban J connectivity index is 1.85. The van der Waals surface area contributed by atoms with Crippen LogP contribution in [0.2, 0.25) is 0 Å². The van der Waals surface area contributed by atoms with Crippen LogP contribution in [-0.2, 0) is 6.54 Å². The van der Waals surface area contributed by atoms with Crippen LogP contribution >= 0.6 is 22.6 Å². The van der Waals surface area contributed by atoms with E-state index in [4.69, 9.17) is 9.47 Å². The molecule has 0 aliphatic rings. The summed E-state index contributed by atoms with van der Waals surface area (Å²) >= 11 is 2.22. The number of fused-ring (bicyclic) bond motifs is 1. The fraction of sp³-hybridized carbons (Fsp3) is 0.222. The van der Waals surface area contributed by atoms with Gasteiger partial charge in [0.1, 0.15) is 0 Å². The minimum Gasteiger partial charge on any atom is -0.493 e. The second-order valence-corrected chi connectivity index (χ2v) is 6.44. The number of benzene rings is 2. The minimum absolute atomic E-state index is 0.677. The molecule has 1 heterocycles. The fourth-order valence-electron chi connectivity index (χ4n) is 2.66. The molecule has 6 nitrogen and oxygen atoms in total. The van der Waals surface area contributed by atoms with Crippen molar-refractivity contribution in [3.8, 4) is 11.5 Å². The number of halogens is 1. The summed E-state index contributed by atoms with van der Waals surface area (Å²) in [6.07, 6.45) is 1.74. The molecule has 25 heavy (non-hydrogen) atoms. The van der Waals surface area contributed by atoms with E-state index in [0.717, 1.165) is 38.4 Å². The van der Waals surface area contributed by atoms with Crippen LogP contribution in [0.5, 0.6) is 11.5 Å². The lowest BCUT2D eigenvalue weighted by Crippen LogP contribution is -2.02. The summed E-state index contributed by atoms with van der Waals surface area (Å²) in [6.45, 7) is 2.90. The van der Waals surface area contributed by atoms with Crippen LogP contribution in [0.15, 0.2) is 41.5 Å². The second kappa shape index (κ2) is 7.73. The van der Waals surface area contributed by atoms with E-state index < -0.39 is 0 Å². The van der Waals surface area contributed by atoms with Gasteiger partial charge in [0, 0.05) is 6.54 Å². The highest BCUT2D eigenvalue weighted by Crippen LogP contribution is 2.33. The zero-order chi connectivity index (χ0) is 17.8. The number of hydrazone groups is 1. The average molecular weight is 450 g/mol. The third kappa shape index (κ3) is 3.55. The van der Waals surface area contributed by atoms with E-state index in [1.165, 1.54) is 0 Å². The van der Waals surface area contributed by atoms with Gasteiger partial charge >= 0.3 is 0 Å². The van der Waals surface area contributed by atoms with Crippen LogP contribution in [-0.4, -0.2) is 30.0 Å². The van der Waals surface area contributed by atoms with Crippen LogP contribution in [0.4, 0.5) is 5.95 Å². The summed E-state index contributed by atoms with van der Waals surface area (Å²) in [5, 5.41) is 4.33. The molecule has 1 aromatic heterocycles. The molecule has 0 saturated carbocycles. The molecule has 0 aliphatic carbocycles. The summed E-state index contributed by atoms with van der Waals surface area (Å²) in [4.78, 5) is 4.59. The van der Waals surface area contributed by atoms with E-state index in [-0.39, 0.29) is 0 Å². The smallest absolute Gasteiger partial charge is 0.224 e. The number of nitrogens with one attached hydrogen (secondary N) is 1. The molecule has 0 spiro atoms. The summed E-state index contributed by atoms with van der Waals surface area (Å²) in [5.74, 6) is 2.12. The first-order valence-electron chi connectivity index (χ1n) is 7.83. The zero-order valence-electron chi connectivity index (χ0n) is 14.3. The normalized spacial score (nSPS) is 11.2. The molecule has 7 heteroatoms. The first-order valence-corrected chi connectivity index (χ1v) is 8.91. The Morgan fingerprint density at radius 2 is 2.04 bits per heavy atom. The number of anilines is 1. The first kappa shape index (κ1) is 17.5. The second-order valence-electron chi connectivity index (χ2n) is 5.28.